The molecule has 0 spiro atoms. The molecule has 5 nitrogen and oxygen atoms in total. The molecule has 1 heterocycles. The van der Waals surface area contributed by atoms with Crippen molar-refractivity contribution in [3.63, 3.8) is 0 Å². The molecular formula is C21H20N2O3. The third-order valence-corrected chi connectivity index (χ3v) is 4.26. The van der Waals surface area contributed by atoms with Crippen molar-refractivity contribution in [3.05, 3.63) is 82.7 Å². The minimum atomic E-state index is -0.552. The van der Waals surface area contributed by atoms with Crippen LogP contribution < -0.4 is 0 Å². The first-order chi connectivity index (χ1) is 12.5. The molecule has 3 aromatic rings. The van der Waals surface area contributed by atoms with Gasteiger partial charge in [-0.2, -0.15) is 5.10 Å². The first-order valence-corrected chi connectivity index (χ1v) is 8.35. The van der Waals surface area contributed by atoms with Crippen molar-refractivity contribution >= 4 is 11.8 Å². The average Bonchev–Trinajstić information content (AvgIpc) is 3.03. The van der Waals surface area contributed by atoms with Crippen LogP contribution in [0.2, 0.25) is 0 Å². The van der Waals surface area contributed by atoms with Crippen LogP contribution in [0.25, 0.3) is 5.69 Å². The fourth-order valence-corrected chi connectivity index (χ4v) is 2.76. The van der Waals surface area contributed by atoms with Crippen molar-refractivity contribution in [2.45, 2.75) is 20.8 Å². The summed E-state index contributed by atoms with van der Waals surface area (Å²) in [6.07, 6.45) is 1.47. The summed E-state index contributed by atoms with van der Waals surface area (Å²) in [5, 5.41) is 4.25. The fraction of sp³-hybridized carbons (Fsp3) is 0.190. The Labute approximate surface area is 152 Å². The highest BCUT2D eigenvalue weighted by Gasteiger charge is 2.18. The van der Waals surface area contributed by atoms with Crippen molar-refractivity contribution in [2.24, 2.45) is 0 Å². The fourth-order valence-electron chi connectivity index (χ4n) is 2.76. The van der Waals surface area contributed by atoms with E-state index in [2.05, 4.69) is 5.10 Å². The number of Topliss-reactive ketones (excluding diaryl/α,β-unsaturated/α-hetero) is 1. The molecule has 5 heteroatoms. The van der Waals surface area contributed by atoms with Crippen molar-refractivity contribution in [1.82, 2.24) is 9.78 Å². The molecule has 0 aliphatic carbocycles. The minimum absolute atomic E-state index is 0.215. The zero-order valence-corrected chi connectivity index (χ0v) is 15.0. The zero-order chi connectivity index (χ0) is 18.7. The number of ketones is 1. The van der Waals surface area contributed by atoms with Crippen LogP contribution in [0.3, 0.4) is 0 Å². The number of ether oxygens (including phenoxy) is 1. The van der Waals surface area contributed by atoms with E-state index in [1.807, 2.05) is 62.4 Å². The van der Waals surface area contributed by atoms with Crippen LogP contribution in [0.1, 0.15) is 37.5 Å². The van der Waals surface area contributed by atoms with Gasteiger partial charge in [-0.3, -0.25) is 4.79 Å². The lowest BCUT2D eigenvalue weighted by atomic mass is 10.0. The summed E-state index contributed by atoms with van der Waals surface area (Å²) in [5.41, 5.74) is 4.31. The number of hydrogen-bond donors (Lipinski definition) is 0. The highest BCUT2D eigenvalue weighted by Crippen LogP contribution is 2.16. The average molecular weight is 348 g/mol. The lowest BCUT2D eigenvalue weighted by Crippen LogP contribution is -2.16. The molecule has 0 saturated carbocycles. The third-order valence-electron chi connectivity index (χ3n) is 4.26. The number of para-hydroxylation sites is 1. The summed E-state index contributed by atoms with van der Waals surface area (Å²) in [5.74, 6) is -0.768. The molecule has 0 amide bonds. The molecule has 0 aliphatic heterocycles. The molecule has 3 rings (SSSR count). The Morgan fingerprint density at radius 3 is 2.46 bits per heavy atom. The van der Waals surface area contributed by atoms with Gasteiger partial charge in [0, 0.05) is 5.56 Å². The summed E-state index contributed by atoms with van der Waals surface area (Å²) in [6, 6.07) is 15.2. The highest BCUT2D eigenvalue weighted by molar-refractivity contribution is 6.00. The summed E-state index contributed by atoms with van der Waals surface area (Å²) < 4.78 is 6.90. The van der Waals surface area contributed by atoms with E-state index in [-0.39, 0.29) is 12.4 Å². The minimum Gasteiger partial charge on any atom is -0.454 e. The van der Waals surface area contributed by atoms with Crippen molar-refractivity contribution < 1.29 is 14.3 Å². The van der Waals surface area contributed by atoms with Gasteiger partial charge in [0.2, 0.25) is 5.78 Å². The maximum atomic E-state index is 12.4. The first-order valence-electron chi connectivity index (χ1n) is 8.35. The van der Waals surface area contributed by atoms with E-state index in [4.69, 9.17) is 4.74 Å². The molecule has 1 aromatic heterocycles. The Hall–Kier alpha value is -3.21. The molecule has 0 N–H and O–H groups in total. The summed E-state index contributed by atoms with van der Waals surface area (Å²) >= 11 is 0. The van der Waals surface area contributed by atoms with Gasteiger partial charge in [-0.1, -0.05) is 35.9 Å². The van der Waals surface area contributed by atoms with E-state index >= 15 is 0 Å². The Bertz CT molecular complexity index is 959. The van der Waals surface area contributed by atoms with Crippen LogP contribution in [0.5, 0.6) is 0 Å². The van der Waals surface area contributed by atoms with Crippen molar-refractivity contribution in [3.8, 4) is 5.69 Å². The standard InChI is InChI=1S/C21H20N2O3/c1-14-9-10-15(2)18(11-14)20(24)13-26-21(25)19-12-22-23(16(19)3)17-7-5-4-6-8-17/h4-12H,13H2,1-3H3. The van der Waals surface area contributed by atoms with Crippen LogP contribution in [0.15, 0.2) is 54.7 Å². The maximum absolute atomic E-state index is 12.4. The van der Waals surface area contributed by atoms with E-state index in [1.165, 1.54) is 6.20 Å². The Morgan fingerprint density at radius 2 is 1.73 bits per heavy atom. The maximum Gasteiger partial charge on any atom is 0.342 e. The van der Waals surface area contributed by atoms with E-state index in [1.54, 1.807) is 11.6 Å². The largest absolute Gasteiger partial charge is 0.454 e. The monoisotopic (exact) mass is 348 g/mol. The molecule has 132 valence electrons. The van der Waals surface area contributed by atoms with E-state index < -0.39 is 5.97 Å². The lowest BCUT2D eigenvalue weighted by Gasteiger charge is -2.08. The SMILES string of the molecule is Cc1ccc(C)c(C(=O)COC(=O)c2cnn(-c3ccccc3)c2C)c1. The van der Waals surface area contributed by atoms with E-state index in [0.29, 0.717) is 16.8 Å². The van der Waals surface area contributed by atoms with Crippen LogP contribution >= 0.6 is 0 Å². The van der Waals surface area contributed by atoms with Crippen molar-refractivity contribution in [1.29, 1.82) is 0 Å². The van der Waals surface area contributed by atoms with Gasteiger partial charge >= 0.3 is 5.97 Å². The second-order valence-electron chi connectivity index (χ2n) is 6.21. The number of carbonyl (C=O) groups excluding carboxylic acids is 2. The molecular weight excluding hydrogens is 328 g/mol. The number of esters is 1. The van der Waals surface area contributed by atoms with Gasteiger partial charge in [-0.25, -0.2) is 9.48 Å². The number of aromatic nitrogens is 2. The molecule has 0 radical (unpaired) electrons. The zero-order valence-electron chi connectivity index (χ0n) is 15.0. The predicted octanol–water partition coefficient (Wildman–Crippen LogP) is 3.84. The van der Waals surface area contributed by atoms with Crippen LogP contribution in [0, 0.1) is 20.8 Å². The number of hydrogen-bond acceptors (Lipinski definition) is 4. The Morgan fingerprint density at radius 1 is 1.00 bits per heavy atom. The van der Waals surface area contributed by atoms with E-state index in [0.717, 1.165) is 16.8 Å². The quantitative estimate of drug-likeness (QED) is 0.519. The molecule has 0 bridgehead atoms. The first kappa shape index (κ1) is 17.6. The van der Waals surface area contributed by atoms with Crippen LogP contribution in [-0.4, -0.2) is 28.1 Å². The number of aryl methyl sites for hydroxylation is 2. The molecule has 0 unspecified atom stereocenters. The summed E-state index contributed by atoms with van der Waals surface area (Å²) in [4.78, 5) is 24.7. The van der Waals surface area contributed by atoms with Crippen LogP contribution in [-0.2, 0) is 4.74 Å². The molecule has 0 fully saturated rings. The number of carbonyl (C=O) groups is 2. The molecule has 26 heavy (non-hydrogen) atoms. The third kappa shape index (κ3) is 3.57. The van der Waals surface area contributed by atoms with Gasteiger partial charge in [0.25, 0.3) is 0 Å². The number of benzene rings is 2. The smallest absolute Gasteiger partial charge is 0.342 e. The molecule has 2 aromatic carbocycles. The molecule has 0 atom stereocenters. The highest BCUT2D eigenvalue weighted by atomic mass is 16.5. The lowest BCUT2D eigenvalue weighted by molar-refractivity contribution is 0.0473. The van der Waals surface area contributed by atoms with Gasteiger partial charge in [0.05, 0.1) is 17.6 Å². The van der Waals surface area contributed by atoms with Crippen molar-refractivity contribution in [2.75, 3.05) is 6.61 Å². The molecule has 0 saturated heterocycles. The van der Waals surface area contributed by atoms with Crippen LogP contribution in [0.4, 0.5) is 0 Å². The summed E-state index contributed by atoms with van der Waals surface area (Å²) in [7, 11) is 0. The number of nitrogens with zero attached hydrogens (tertiary/aromatic N) is 2. The number of rotatable bonds is 5. The summed E-state index contributed by atoms with van der Waals surface area (Å²) in [6.45, 7) is 5.29. The van der Waals surface area contributed by atoms with Gasteiger partial charge in [0.1, 0.15) is 5.56 Å². The van der Waals surface area contributed by atoms with Gasteiger partial charge in [-0.15, -0.1) is 0 Å². The van der Waals surface area contributed by atoms with Gasteiger partial charge < -0.3 is 4.74 Å². The Kier molecular flexibility index (Phi) is 4.98. The van der Waals surface area contributed by atoms with Gasteiger partial charge in [0.15, 0.2) is 6.61 Å². The second-order valence-corrected chi connectivity index (χ2v) is 6.21. The van der Waals surface area contributed by atoms with E-state index in [9.17, 15) is 9.59 Å². The second kappa shape index (κ2) is 7.35. The molecule has 0 aliphatic rings. The normalized spacial score (nSPS) is 10.6. The van der Waals surface area contributed by atoms with Gasteiger partial charge in [-0.05, 0) is 44.5 Å². The topological polar surface area (TPSA) is 61.2 Å². The Balaban J connectivity index is 1.72. The predicted molar refractivity (Wildman–Crippen MR) is 98.8 cm³/mol.